The standard InChI is InChI=1S/C16H25NS/c1-3-13-7-9-14(10-8-13)16(4-2)17-12-15-6-5-11-18-15/h7-10,15-17H,3-6,11-12H2,1-2H3. The van der Waals surface area contributed by atoms with Gasteiger partial charge in [0, 0.05) is 17.8 Å². The minimum absolute atomic E-state index is 0.525. The highest BCUT2D eigenvalue weighted by Crippen LogP contribution is 2.26. The van der Waals surface area contributed by atoms with Gasteiger partial charge in [0.2, 0.25) is 0 Å². The molecule has 1 saturated heterocycles. The normalized spacial score (nSPS) is 21.1. The van der Waals surface area contributed by atoms with Gasteiger partial charge in [-0.1, -0.05) is 38.1 Å². The number of aryl methyl sites for hydroxylation is 1. The van der Waals surface area contributed by atoms with E-state index in [2.05, 4.69) is 55.2 Å². The summed E-state index contributed by atoms with van der Waals surface area (Å²) in [6, 6.07) is 9.65. The number of nitrogens with one attached hydrogen (secondary N) is 1. The molecule has 2 heteroatoms. The quantitative estimate of drug-likeness (QED) is 0.826. The molecule has 0 amide bonds. The van der Waals surface area contributed by atoms with Crippen molar-refractivity contribution in [3.05, 3.63) is 35.4 Å². The third-order valence-corrected chi connectivity index (χ3v) is 5.21. The molecule has 100 valence electrons. The van der Waals surface area contributed by atoms with Crippen LogP contribution in [-0.4, -0.2) is 17.5 Å². The van der Waals surface area contributed by atoms with Gasteiger partial charge in [-0.3, -0.25) is 0 Å². The molecule has 0 spiro atoms. The molecule has 1 aromatic carbocycles. The fraction of sp³-hybridized carbons (Fsp3) is 0.625. The predicted molar refractivity (Wildman–Crippen MR) is 82.3 cm³/mol. The summed E-state index contributed by atoms with van der Waals surface area (Å²) in [5.74, 6) is 1.36. The zero-order valence-corrected chi connectivity index (χ0v) is 12.4. The molecule has 18 heavy (non-hydrogen) atoms. The molecule has 1 N–H and O–H groups in total. The molecule has 0 aromatic heterocycles. The Morgan fingerprint density at radius 3 is 2.61 bits per heavy atom. The van der Waals surface area contributed by atoms with E-state index in [0.29, 0.717) is 6.04 Å². The van der Waals surface area contributed by atoms with Crippen molar-refractivity contribution in [3.63, 3.8) is 0 Å². The van der Waals surface area contributed by atoms with Crippen molar-refractivity contribution in [2.75, 3.05) is 12.3 Å². The van der Waals surface area contributed by atoms with Crippen molar-refractivity contribution in [3.8, 4) is 0 Å². The third-order valence-electron chi connectivity index (χ3n) is 3.81. The Balaban J connectivity index is 1.89. The monoisotopic (exact) mass is 263 g/mol. The Kier molecular flexibility index (Phi) is 5.58. The van der Waals surface area contributed by atoms with Crippen LogP contribution in [0.5, 0.6) is 0 Å². The number of thioether (sulfide) groups is 1. The molecule has 2 atom stereocenters. The number of hydrogen-bond donors (Lipinski definition) is 1. The van der Waals surface area contributed by atoms with Crippen molar-refractivity contribution >= 4 is 11.8 Å². The van der Waals surface area contributed by atoms with Gasteiger partial charge in [0.25, 0.3) is 0 Å². The minimum Gasteiger partial charge on any atom is -0.309 e. The molecule has 0 aliphatic carbocycles. The molecular formula is C16H25NS. The first kappa shape index (κ1) is 14.0. The average molecular weight is 263 g/mol. The summed E-state index contributed by atoms with van der Waals surface area (Å²) >= 11 is 2.13. The molecule has 1 nitrogen and oxygen atoms in total. The van der Waals surface area contributed by atoms with E-state index < -0.39 is 0 Å². The van der Waals surface area contributed by atoms with E-state index in [-0.39, 0.29) is 0 Å². The van der Waals surface area contributed by atoms with Gasteiger partial charge in [-0.2, -0.15) is 11.8 Å². The van der Waals surface area contributed by atoms with Crippen LogP contribution < -0.4 is 5.32 Å². The summed E-state index contributed by atoms with van der Waals surface area (Å²) in [7, 11) is 0. The van der Waals surface area contributed by atoms with Crippen molar-refractivity contribution in [2.45, 2.75) is 50.8 Å². The van der Waals surface area contributed by atoms with Gasteiger partial charge in [-0.05, 0) is 42.6 Å². The first-order valence-corrected chi connectivity index (χ1v) is 8.32. The first-order valence-electron chi connectivity index (χ1n) is 7.27. The highest BCUT2D eigenvalue weighted by atomic mass is 32.2. The largest absolute Gasteiger partial charge is 0.309 e. The molecular weight excluding hydrogens is 238 g/mol. The fourth-order valence-electron chi connectivity index (χ4n) is 2.56. The predicted octanol–water partition coefficient (Wildman–Crippen LogP) is 4.19. The second-order valence-corrected chi connectivity index (χ2v) is 6.51. The Labute approximate surface area is 116 Å². The minimum atomic E-state index is 0.525. The van der Waals surface area contributed by atoms with Crippen LogP contribution >= 0.6 is 11.8 Å². The van der Waals surface area contributed by atoms with E-state index in [1.54, 1.807) is 0 Å². The number of hydrogen-bond acceptors (Lipinski definition) is 2. The Morgan fingerprint density at radius 1 is 1.28 bits per heavy atom. The zero-order valence-electron chi connectivity index (χ0n) is 11.6. The molecule has 1 aliphatic rings. The molecule has 1 aliphatic heterocycles. The Morgan fingerprint density at radius 2 is 2.06 bits per heavy atom. The van der Waals surface area contributed by atoms with Crippen LogP contribution in [0.2, 0.25) is 0 Å². The number of rotatable bonds is 6. The molecule has 1 fully saturated rings. The lowest BCUT2D eigenvalue weighted by Crippen LogP contribution is -2.27. The van der Waals surface area contributed by atoms with Gasteiger partial charge in [-0.25, -0.2) is 0 Å². The maximum atomic E-state index is 3.74. The number of benzene rings is 1. The van der Waals surface area contributed by atoms with Crippen LogP contribution in [0.25, 0.3) is 0 Å². The molecule has 0 radical (unpaired) electrons. The van der Waals surface area contributed by atoms with Crippen LogP contribution in [0.15, 0.2) is 24.3 Å². The maximum Gasteiger partial charge on any atom is 0.0318 e. The Bertz CT molecular complexity index is 341. The van der Waals surface area contributed by atoms with E-state index in [9.17, 15) is 0 Å². The second kappa shape index (κ2) is 7.20. The molecule has 1 heterocycles. The topological polar surface area (TPSA) is 12.0 Å². The van der Waals surface area contributed by atoms with Crippen LogP contribution in [0.1, 0.15) is 50.3 Å². The summed E-state index contributed by atoms with van der Waals surface area (Å²) in [4.78, 5) is 0. The highest BCUT2D eigenvalue weighted by Gasteiger charge is 2.17. The Hall–Kier alpha value is -0.470. The van der Waals surface area contributed by atoms with E-state index in [0.717, 1.165) is 11.7 Å². The first-order chi connectivity index (χ1) is 8.83. The summed E-state index contributed by atoms with van der Waals surface area (Å²) in [6.45, 7) is 5.65. The van der Waals surface area contributed by atoms with Crippen molar-refractivity contribution in [1.82, 2.24) is 5.32 Å². The lowest BCUT2D eigenvalue weighted by atomic mass is 10.0. The lowest BCUT2D eigenvalue weighted by molar-refractivity contribution is 0.512. The SMILES string of the molecule is CCc1ccc(C(CC)NCC2CCCS2)cc1. The maximum absolute atomic E-state index is 3.74. The van der Waals surface area contributed by atoms with Crippen LogP contribution in [0, 0.1) is 0 Å². The summed E-state index contributed by atoms with van der Waals surface area (Å²) in [5.41, 5.74) is 2.87. The molecule has 0 saturated carbocycles. The second-order valence-electron chi connectivity index (χ2n) is 5.10. The van der Waals surface area contributed by atoms with Crippen molar-refractivity contribution in [2.24, 2.45) is 0 Å². The van der Waals surface area contributed by atoms with Crippen LogP contribution in [-0.2, 0) is 6.42 Å². The highest BCUT2D eigenvalue weighted by molar-refractivity contribution is 8.00. The smallest absolute Gasteiger partial charge is 0.0318 e. The molecule has 1 aromatic rings. The zero-order chi connectivity index (χ0) is 12.8. The summed E-state index contributed by atoms with van der Waals surface area (Å²) in [5, 5.41) is 4.59. The van der Waals surface area contributed by atoms with Gasteiger partial charge in [0.1, 0.15) is 0 Å². The molecule has 2 unspecified atom stereocenters. The fourth-order valence-corrected chi connectivity index (χ4v) is 3.78. The molecule has 2 rings (SSSR count). The summed E-state index contributed by atoms with van der Waals surface area (Å²) < 4.78 is 0. The third kappa shape index (κ3) is 3.76. The average Bonchev–Trinajstić information content (AvgIpc) is 2.93. The van der Waals surface area contributed by atoms with E-state index in [1.807, 2.05) is 0 Å². The van der Waals surface area contributed by atoms with Crippen LogP contribution in [0.4, 0.5) is 0 Å². The molecule has 0 bridgehead atoms. The van der Waals surface area contributed by atoms with E-state index in [1.165, 1.54) is 42.7 Å². The van der Waals surface area contributed by atoms with Gasteiger partial charge in [0.15, 0.2) is 0 Å². The van der Waals surface area contributed by atoms with Gasteiger partial charge in [0.05, 0.1) is 0 Å². The van der Waals surface area contributed by atoms with Gasteiger partial charge < -0.3 is 5.32 Å². The lowest BCUT2D eigenvalue weighted by Gasteiger charge is -2.20. The van der Waals surface area contributed by atoms with E-state index >= 15 is 0 Å². The van der Waals surface area contributed by atoms with E-state index in [4.69, 9.17) is 0 Å². The van der Waals surface area contributed by atoms with Crippen molar-refractivity contribution in [1.29, 1.82) is 0 Å². The van der Waals surface area contributed by atoms with Gasteiger partial charge >= 0.3 is 0 Å². The van der Waals surface area contributed by atoms with Crippen molar-refractivity contribution < 1.29 is 0 Å². The summed E-state index contributed by atoms with van der Waals surface area (Å²) in [6.07, 6.45) is 5.09. The van der Waals surface area contributed by atoms with Gasteiger partial charge in [-0.15, -0.1) is 0 Å². The van der Waals surface area contributed by atoms with Crippen LogP contribution in [0.3, 0.4) is 0 Å².